The number of aryl methyl sites for hydroxylation is 1. The van der Waals surface area contributed by atoms with Crippen LogP contribution in [0.5, 0.6) is 0 Å². The third kappa shape index (κ3) is 4.61. The van der Waals surface area contributed by atoms with Crippen molar-refractivity contribution in [2.45, 2.75) is 19.6 Å². The van der Waals surface area contributed by atoms with Gasteiger partial charge in [-0.25, -0.2) is 9.59 Å². The van der Waals surface area contributed by atoms with Crippen LogP contribution in [0.4, 0.5) is 0 Å². The molecule has 0 bridgehead atoms. The van der Waals surface area contributed by atoms with E-state index in [1.165, 1.54) is 6.47 Å². The first-order valence-corrected chi connectivity index (χ1v) is 8.58. The Hall–Kier alpha value is -3.40. The molecule has 135 valence electrons. The lowest BCUT2D eigenvalue weighted by molar-refractivity contribution is -0.154. The predicted molar refractivity (Wildman–Crippen MR) is 102 cm³/mol. The van der Waals surface area contributed by atoms with Gasteiger partial charge in [0.15, 0.2) is 0 Å². The lowest BCUT2D eigenvalue weighted by atomic mass is 10.0. The number of hydrogen-bond donors (Lipinski definition) is 0. The number of esters is 1. The average molecular weight is 359 g/mol. The molecule has 3 aromatic rings. The van der Waals surface area contributed by atoms with Crippen molar-refractivity contribution in [3.8, 4) is 11.1 Å². The highest BCUT2D eigenvalue weighted by atomic mass is 16.6. The van der Waals surface area contributed by atoms with Crippen LogP contribution in [0.1, 0.15) is 22.8 Å². The van der Waals surface area contributed by atoms with Gasteiger partial charge in [-0.2, -0.15) is 0 Å². The number of benzene rings is 3. The Labute approximate surface area is 158 Å². The van der Waals surface area contributed by atoms with Gasteiger partial charge in [-0.15, -0.1) is 0 Å². The van der Waals surface area contributed by atoms with E-state index in [9.17, 15) is 9.59 Å². The molecule has 27 heavy (non-hydrogen) atoms. The van der Waals surface area contributed by atoms with Crippen LogP contribution in [-0.2, 0) is 25.7 Å². The molecule has 1 unspecified atom stereocenters. The maximum Gasteiger partial charge on any atom is 0.418 e. The van der Waals surface area contributed by atoms with Crippen LogP contribution in [0.3, 0.4) is 0 Å². The molecule has 0 saturated carbocycles. The molecule has 0 aliphatic rings. The molecule has 0 aromatic heterocycles. The van der Waals surface area contributed by atoms with E-state index < -0.39 is 12.1 Å². The summed E-state index contributed by atoms with van der Waals surface area (Å²) in [5.41, 5.74) is 4.48. The number of carbonyl (C=O) groups is 1. The first-order valence-electron chi connectivity index (χ1n) is 8.58. The maximum absolute atomic E-state index is 12.4. The highest BCUT2D eigenvalue weighted by Gasteiger charge is 2.25. The lowest BCUT2D eigenvalue weighted by Gasteiger charge is -2.16. The van der Waals surface area contributed by atoms with Gasteiger partial charge >= 0.3 is 12.4 Å². The quantitative estimate of drug-likeness (QED) is 0.582. The summed E-state index contributed by atoms with van der Waals surface area (Å²) in [6.45, 7) is 3.28. The Morgan fingerprint density at radius 3 is 2.19 bits per heavy atom. The topological polar surface area (TPSA) is 52.6 Å². The van der Waals surface area contributed by atoms with Crippen LogP contribution in [0, 0.1) is 6.92 Å². The standard InChI is InChI=1S/C23H19O4/c1-17-7-5-6-10-21(17)22(27-16-24)23(25)26-15-18-11-13-20(14-12-18)19-8-3-2-4-9-19/h2-14,22H,15H2,1H3. The van der Waals surface area contributed by atoms with Crippen molar-refractivity contribution in [1.82, 2.24) is 0 Å². The van der Waals surface area contributed by atoms with Gasteiger partial charge in [0.2, 0.25) is 6.10 Å². The van der Waals surface area contributed by atoms with Gasteiger partial charge in [-0.1, -0.05) is 78.9 Å². The van der Waals surface area contributed by atoms with Gasteiger partial charge in [0.1, 0.15) is 6.61 Å². The molecule has 0 saturated heterocycles. The molecule has 0 amide bonds. The minimum atomic E-state index is -1.12. The van der Waals surface area contributed by atoms with Crippen molar-refractivity contribution in [3.63, 3.8) is 0 Å². The number of hydrogen-bond acceptors (Lipinski definition) is 4. The maximum atomic E-state index is 12.4. The second-order valence-corrected chi connectivity index (χ2v) is 6.11. The highest BCUT2D eigenvalue weighted by molar-refractivity contribution is 5.78. The first-order chi connectivity index (χ1) is 13.2. The summed E-state index contributed by atoms with van der Waals surface area (Å²) in [7, 11) is 0. The smallest absolute Gasteiger partial charge is 0.418 e. The monoisotopic (exact) mass is 359 g/mol. The third-order valence-electron chi connectivity index (χ3n) is 4.29. The van der Waals surface area contributed by atoms with Gasteiger partial charge < -0.3 is 9.47 Å². The normalized spacial score (nSPS) is 11.4. The molecular weight excluding hydrogens is 340 g/mol. The molecule has 4 nitrogen and oxygen atoms in total. The van der Waals surface area contributed by atoms with Crippen LogP contribution in [0.25, 0.3) is 11.1 Å². The molecule has 0 aliphatic heterocycles. The van der Waals surface area contributed by atoms with E-state index in [1.807, 2.05) is 73.7 Å². The lowest BCUT2D eigenvalue weighted by Crippen LogP contribution is -2.19. The van der Waals surface area contributed by atoms with Gasteiger partial charge in [0.05, 0.1) is 0 Å². The second-order valence-electron chi connectivity index (χ2n) is 6.11. The van der Waals surface area contributed by atoms with E-state index in [0.717, 1.165) is 22.3 Å². The molecule has 4 heteroatoms. The van der Waals surface area contributed by atoms with Crippen LogP contribution in [-0.4, -0.2) is 12.4 Å². The zero-order valence-corrected chi connectivity index (χ0v) is 14.9. The fraction of sp³-hybridized carbons (Fsp3) is 0.130. The molecule has 3 aromatic carbocycles. The van der Waals surface area contributed by atoms with Crippen molar-refractivity contribution < 1.29 is 19.1 Å². The summed E-state index contributed by atoms with van der Waals surface area (Å²) >= 11 is 0. The van der Waals surface area contributed by atoms with Crippen molar-refractivity contribution >= 4 is 12.4 Å². The van der Waals surface area contributed by atoms with Crippen LogP contribution in [0.15, 0.2) is 78.9 Å². The zero-order valence-electron chi connectivity index (χ0n) is 14.9. The Kier molecular flexibility index (Phi) is 6.00. The zero-order chi connectivity index (χ0) is 19.1. The predicted octanol–water partition coefficient (Wildman–Crippen LogP) is 4.53. The van der Waals surface area contributed by atoms with Crippen molar-refractivity contribution in [3.05, 3.63) is 95.6 Å². The van der Waals surface area contributed by atoms with E-state index in [2.05, 4.69) is 0 Å². The average Bonchev–Trinajstić information content (AvgIpc) is 2.72. The first kappa shape index (κ1) is 18.4. The van der Waals surface area contributed by atoms with E-state index in [-0.39, 0.29) is 6.61 Å². The van der Waals surface area contributed by atoms with Gasteiger partial charge in [-0.3, -0.25) is 0 Å². The minimum absolute atomic E-state index is 0.0957. The summed E-state index contributed by atoms with van der Waals surface area (Å²) in [5, 5.41) is 0. The Balaban J connectivity index is 1.67. The van der Waals surface area contributed by atoms with Crippen molar-refractivity contribution in [1.29, 1.82) is 0 Å². The number of rotatable bonds is 7. The summed E-state index contributed by atoms with van der Waals surface area (Å²) in [4.78, 5) is 23.1. The fourth-order valence-corrected chi connectivity index (χ4v) is 2.82. The van der Waals surface area contributed by atoms with Gasteiger partial charge in [-0.05, 0) is 29.2 Å². The second kappa shape index (κ2) is 8.81. The SMILES string of the molecule is Cc1ccccc1C(O[C]=O)C(=O)OCc1ccc(-c2ccccc2)cc1. The molecule has 0 fully saturated rings. The molecule has 0 heterocycles. The summed E-state index contributed by atoms with van der Waals surface area (Å²) < 4.78 is 10.2. The van der Waals surface area contributed by atoms with Gasteiger partial charge in [0.25, 0.3) is 0 Å². The molecule has 3 rings (SSSR count). The largest absolute Gasteiger partial charge is 0.458 e. The fourth-order valence-electron chi connectivity index (χ4n) is 2.82. The Bertz CT molecular complexity index is 901. The molecule has 1 radical (unpaired) electrons. The molecule has 0 spiro atoms. The molecule has 0 aliphatic carbocycles. The third-order valence-corrected chi connectivity index (χ3v) is 4.29. The highest BCUT2D eigenvalue weighted by Crippen LogP contribution is 2.23. The van der Waals surface area contributed by atoms with Crippen LogP contribution < -0.4 is 0 Å². The van der Waals surface area contributed by atoms with E-state index in [0.29, 0.717) is 5.56 Å². The van der Waals surface area contributed by atoms with Crippen molar-refractivity contribution in [2.75, 3.05) is 0 Å². The van der Waals surface area contributed by atoms with E-state index in [1.54, 1.807) is 12.1 Å². The Morgan fingerprint density at radius 1 is 0.889 bits per heavy atom. The summed E-state index contributed by atoms with van der Waals surface area (Å²) in [5.74, 6) is -0.625. The number of ether oxygens (including phenoxy) is 2. The summed E-state index contributed by atoms with van der Waals surface area (Å²) in [6.07, 6.45) is -1.12. The number of carbonyl (C=O) groups excluding carboxylic acids is 2. The molecular formula is C23H19O4. The summed E-state index contributed by atoms with van der Waals surface area (Å²) in [6, 6.07) is 25.0. The van der Waals surface area contributed by atoms with Crippen LogP contribution in [0.2, 0.25) is 0 Å². The van der Waals surface area contributed by atoms with E-state index in [4.69, 9.17) is 9.47 Å². The molecule has 0 N–H and O–H groups in total. The Morgan fingerprint density at radius 2 is 1.52 bits per heavy atom. The minimum Gasteiger partial charge on any atom is -0.458 e. The van der Waals surface area contributed by atoms with Gasteiger partial charge in [0, 0.05) is 5.56 Å². The van der Waals surface area contributed by atoms with Crippen LogP contribution >= 0.6 is 0 Å². The van der Waals surface area contributed by atoms with E-state index >= 15 is 0 Å². The van der Waals surface area contributed by atoms with Crippen molar-refractivity contribution in [2.24, 2.45) is 0 Å². The molecule has 1 atom stereocenters.